The number of nitrogens with zero attached hydrogens (tertiary/aromatic N) is 2. The van der Waals surface area contributed by atoms with E-state index < -0.39 is 41.9 Å². The third-order valence-corrected chi connectivity index (χ3v) is 13.9. The van der Waals surface area contributed by atoms with Crippen LogP contribution in [0.3, 0.4) is 0 Å². The van der Waals surface area contributed by atoms with Crippen molar-refractivity contribution in [3.05, 3.63) is 100 Å². The van der Waals surface area contributed by atoms with Crippen molar-refractivity contribution in [1.82, 2.24) is 0 Å². The molecule has 2 aliphatic carbocycles. The van der Waals surface area contributed by atoms with Crippen molar-refractivity contribution in [3.8, 4) is 11.1 Å². The highest BCUT2D eigenvalue weighted by molar-refractivity contribution is 9.10. The lowest BCUT2D eigenvalue weighted by Gasteiger charge is -2.38. The first-order valence-corrected chi connectivity index (χ1v) is 25.0. The minimum atomic E-state index is -0.801. The number of nitrogens with two attached hydrogens (primary N) is 2. The van der Waals surface area contributed by atoms with Gasteiger partial charge in [0.25, 0.3) is 0 Å². The van der Waals surface area contributed by atoms with Crippen LogP contribution in [-0.2, 0) is 18.8 Å². The molecule has 3 aliphatic rings. The first kappa shape index (κ1) is 54.3. The van der Waals surface area contributed by atoms with Crippen LogP contribution >= 0.6 is 15.9 Å². The summed E-state index contributed by atoms with van der Waals surface area (Å²) < 4.78 is 49.7. The van der Waals surface area contributed by atoms with E-state index in [1.165, 1.54) is 121 Å². The first-order valence-electron chi connectivity index (χ1n) is 24.3. The van der Waals surface area contributed by atoms with Crippen LogP contribution in [0.5, 0.6) is 0 Å². The van der Waals surface area contributed by atoms with Gasteiger partial charge in [0.2, 0.25) is 0 Å². The largest absolute Gasteiger partial charge is 0.495 e. The van der Waals surface area contributed by atoms with E-state index >= 15 is 0 Å². The highest BCUT2D eigenvalue weighted by Gasteiger charge is 2.52. The van der Waals surface area contributed by atoms with Crippen molar-refractivity contribution >= 4 is 63.2 Å². The fourth-order valence-corrected chi connectivity index (χ4v) is 9.65. The van der Waals surface area contributed by atoms with E-state index in [1.807, 2.05) is 52.0 Å². The molecule has 1 heterocycles. The molecule has 4 aromatic carbocycles. The van der Waals surface area contributed by atoms with Gasteiger partial charge in [-0.05, 0) is 149 Å². The second-order valence-corrected chi connectivity index (χ2v) is 21.1. The zero-order valence-electron chi connectivity index (χ0n) is 41.9. The number of hydrogen-bond acceptors (Lipinski definition) is 10. The minimum Gasteiger partial charge on any atom is -0.465 e. The monoisotopic (exact) mass is 1000 g/mol. The van der Waals surface area contributed by atoms with Crippen LogP contribution in [0.25, 0.3) is 11.1 Å². The van der Waals surface area contributed by atoms with Gasteiger partial charge in [-0.25, -0.2) is 18.4 Å². The lowest BCUT2D eigenvalue weighted by molar-refractivity contribution is 0.00578. The van der Waals surface area contributed by atoms with Crippen molar-refractivity contribution in [1.29, 1.82) is 0 Å². The van der Waals surface area contributed by atoms with E-state index in [9.17, 15) is 18.4 Å². The van der Waals surface area contributed by atoms with Gasteiger partial charge < -0.3 is 40.0 Å². The topological polar surface area (TPSA) is 130 Å². The number of esters is 2. The summed E-state index contributed by atoms with van der Waals surface area (Å²) in [5.41, 5.74) is 17.5. The Morgan fingerprint density at radius 1 is 0.662 bits per heavy atom. The first-order chi connectivity index (χ1) is 32.2. The van der Waals surface area contributed by atoms with E-state index in [0.717, 1.165) is 28.9 Å². The summed E-state index contributed by atoms with van der Waals surface area (Å²) in [6, 6.07) is 21.1. The molecule has 0 amide bonds. The third-order valence-electron chi connectivity index (χ3n) is 13.4. The molecule has 10 nitrogen and oxygen atoms in total. The standard InChI is InChI=1S/C24H31FN2O2.C16H25BrN2.C14H18BFO4/c1-16(2)15-27(19-7-5-4-6-8-19)23-12-9-17(13-22(23)26)21-14-18(25)10-11-20(21)24(28)29-3;1-12(2)11-19(14-6-4-3-5-7-14)16-9-8-13(17)10-15(16)18;1-13(2)14(3,4)20-15(19-13)11-8-9(16)6-7-10(11)12(17)18-5/h9-14,16,19H,4-8,15,26H2,1-3H3;8-10,12,14H,3-7,11,18H2,1-2H3;6-8H,1-5H3. The summed E-state index contributed by atoms with van der Waals surface area (Å²) >= 11 is 3.49. The normalized spacial score (nSPS) is 16.9. The molecule has 0 unspecified atom stereocenters. The molecule has 0 aromatic heterocycles. The van der Waals surface area contributed by atoms with Crippen LogP contribution < -0.4 is 26.7 Å². The predicted octanol–water partition coefficient (Wildman–Crippen LogP) is 12.4. The number of ether oxygens (including phenoxy) is 2. The molecule has 370 valence electrons. The van der Waals surface area contributed by atoms with Crippen LogP contribution in [0.4, 0.5) is 31.5 Å². The van der Waals surface area contributed by atoms with Gasteiger partial charge in [0.15, 0.2) is 0 Å². The maximum atomic E-state index is 13.9. The van der Waals surface area contributed by atoms with Crippen LogP contribution in [-0.4, -0.2) is 69.7 Å². The molecule has 4 aromatic rings. The Bertz CT molecular complexity index is 2300. The summed E-state index contributed by atoms with van der Waals surface area (Å²) in [6.07, 6.45) is 12.9. The van der Waals surface area contributed by atoms with Crippen LogP contribution in [0.2, 0.25) is 0 Å². The Balaban J connectivity index is 0.000000197. The van der Waals surface area contributed by atoms with E-state index in [2.05, 4.69) is 65.6 Å². The van der Waals surface area contributed by atoms with Crippen molar-refractivity contribution in [3.63, 3.8) is 0 Å². The molecule has 4 N–H and O–H groups in total. The maximum Gasteiger partial charge on any atom is 0.495 e. The van der Waals surface area contributed by atoms with Gasteiger partial charge in [0.05, 0.1) is 59.3 Å². The van der Waals surface area contributed by atoms with E-state index in [-0.39, 0.29) is 5.56 Å². The van der Waals surface area contributed by atoms with Crippen molar-refractivity contribution in [2.24, 2.45) is 11.8 Å². The number of halogens is 3. The van der Waals surface area contributed by atoms with Crippen molar-refractivity contribution in [2.45, 2.75) is 143 Å². The summed E-state index contributed by atoms with van der Waals surface area (Å²) in [5.74, 6) is -0.725. The Morgan fingerprint density at radius 3 is 1.56 bits per heavy atom. The molecular weight excluding hydrogens is 929 g/mol. The van der Waals surface area contributed by atoms with Crippen molar-refractivity contribution < 1.29 is 37.2 Å². The SMILES string of the molecule is CC(C)CN(c1ccc(Br)cc1N)C1CCCCC1.COC(=O)c1ccc(F)cc1-c1ccc(N(CC(C)C)C2CCCCC2)c(N)c1.COC(=O)c1ccc(F)cc1B1OC(C)(C)C(C)(C)O1. The fourth-order valence-electron chi connectivity index (χ4n) is 9.27. The second kappa shape index (κ2) is 24.3. The Labute approximate surface area is 413 Å². The molecule has 0 radical (unpaired) electrons. The molecule has 2 saturated carbocycles. The van der Waals surface area contributed by atoms with Crippen LogP contribution in [0, 0.1) is 23.5 Å². The average Bonchev–Trinajstić information content (AvgIpc) is 3.53. The lowest BCUT2D eigenvalue weighted by atomic mass is 9.76. The zero-order valence-corrected chi connectivity index (χ0v) is 43.5. The molecule has 7 rings (SSSR count). The Kier molecular flexibility index (Phi) is 19.4. The highest BCUT2D eigenvalue weighted by Crippen LogP contribution is 2.38. The number of anilines is 4. The summed E-state index contributed by atoms with van der Waals surface area (Å²) in [6.45, 7) is 18.6. The van der Waals surface area contributed by atoms with E-state index in [0.29, 0.717) is 51.8 Å². The highest BCUT2D eigenvalue weighted by atomic mass is 79.9. The summed E-state index contributed by atoms with van der Waals surface area (Å²) in [4.78, 5) is 28.9. The summed E-state index contributed by atoms with van der Waals surface area (Å²) in [7, 11) is 1.80. The number of benzene rings is 4. The van der Waals surface area contributed by atoms with Crippen LogP contribution in [0.1, 0.15) is 140 Å². The van der Waals surface area contributed by atoms with E-state index in [4.69, 9.17) is 30.2 Å². The third kappa shape index (κ3) is 14.0. The van der Waals surface area contributed by atoms with Gasteiger partial charge in [-0.3, -0.25) is 0 Å². The molecule has 68 heavy (non-hydrogen) atoms. The van der Waals surface area contributed by atoms with E-state index in [1.54, 1.807) is 0 Å². The smallest absolute Gasteiger partial charge is 0.465 e. The van der Waals surface area contributed by atoms with Crippen LogP contribution in [0.15, 0.2) is 77.3 Å². The van der Waals surface area contributed by atoms with Gasteiger partial charge in [-0.2, -0.15) is 0 Å². The number of rotatable bonds is 12. The molecule has 1 saturated heterocycles. The number of nitrogen functional groups attached to an aromatic ring is 2. The Hall–Kier alpha value is -4.66. The maximum absolute atomic E-state index is 13.9. The number of carbonyl (C=O) groups excluding carboxylic acids is 2. The molecule has 0 spiro atoms. The molecular formula is C54H74BBrF2N4O6. The number of carbonyl (C=O) groups is 2. The second-order valence-electron chi connectivity index (χ2n) is 20.1. The zero-order chi connectivity index (χ0) is 49.9. The van der Waals surface area contributed by atoms with Gasteiger partial charge in [-0.1, -0.05) is 88.2 Å². The molecule has 3 fully saturated rings. The van der Waals surface area contributed by atoms with Gasteiger partial charge >= 0.3 is 19.1 Å². The fraction of sp³-hybridized carbons (Fsp3) is 0.519. The quantitative estimate of drug-likeness (QED) is 0.0804. The van der Waals surface area contributed by atoms with Gasteiger partial charge in [-0.15, -0.1) is 0 Å². The van der Waals surface area contributed by atoms with Gasteiger partial charge in [0, 0.05) is 29.6 Å². The lowest BCUT2D eigenvalue weighted by Crippen LogP contribution is -2.41. The minimum absolute atomic E-state index is 0.243. The average molecular weight is 1000 g/mol. The molecule has 0 bridgehead atoms. The number of hydrogen-bond donors (Lipinski definition) is 2. The molecule has 1 aliphatic heterocycles. The Morgan fingerprint density at radius 2 is 1.10 bits per heavy atom. The predicted molar refractivity (Wildman–Crippen MR) is 278 cm³/mol. The molecule has 14 heteroatoms. The summed E-state index contributed by atoms with van der Waals surface area (Å²) in [5, 5.41) is 0. The molecule has 0 atom stereocenters. The van der Waals surface area contributed by atoms with Crippen molar-refractivity contribution in [2.75, 3.05) is 48.6 Å². The number of methoxy groups -OCH3 is 2. The van der Waals surface area contributed by atoms with Gasteiger partial charge in [0.1, 0.15) is 11.6 Å².